The van der Waals surface area contributed by atoms with Gasteiger partial charge in [-0.2, -0.15) is 0 Å². The predicted molar refractivity (Wildman–Crippen MR) is 135 cm³/mol. The zero-order valence-corrected chi connectivity index (χ0v) is 20.7. The molecule has 9 heteroatoms. The van der Waals surface area contributed by atoms with Crippen LogP contribution in [0, 0.1) is 5.92 Å². The van der Waals surface area contributed by atoms with Crippen LogP contribution in [0.4, 0.5) is 5.69 Å². The van der Waals surface area contributed by atoms with Crippen LogP contribution in [-0.2, 0) is 26.0 Å². The number of ether oxygens (including phenoxy) is 1. The quantitative estimate of drug-likeness (QED) is 0.603. The van der Waals surface area contributed by atoms with Gasteiger partial charge in [0.1, 0.15) is 0 Å². The lowest BCUT2D eigenvalue weighted by molar-refractivity contribution is -0.120. The largest absolute Gasteiger partial charge is 0.378 e. The van der Waals surface area contributed by atoms with Gasteiger partial charge in [-0.05, 0) is 43.4 Å². The molecule has 2 aliphatic rings. The zero-order valence-electron chi connectivity index (χ0n) is 19.9. The second-order valence-electron chi connectivity index (χ2n) is 9.02. The molecule has 0 saturated carbocycles. The molecule has 2 fully saturated rings. The molecular weight excluding hydrogens is 466 g/mol. The molecular formula is C26H33N3O5S. The summed E-state index contributed by atoms with van der Waals surface area (Å²) in [5, 5.41) is 2.92. The normalized spacial score (nSPS) is 17.8. The number of hydrogen-bond acceptors (Lipinski definition) is 5. The fraction of sp³-hybridized carbons (Fsp3) is 0.462. The van der Waals surface area contributed by atoms with Crippen molar-refractivity contribution in [1.29, 1.82) is 0 Å². The van der Waals surface area contributed by atoms with Gasteiger partial charge in [-0.25, -0.2) is 12.7 Å². The van der Waals surface area contributed by atoms with Crippen LogP contribution in [0.1, 0.15) is 35.2 Å². The van der Waals surface area contributed by atoms with Gasteiger partial charge in [-0.15, -0.1) is 0 Å². The number of benzene rings is 2. The Morgan fingerprint density at radius 3 is 2.29 bits per heavy atom. The number of carbonyl (C=O) groups excluding carboxylic acids is 2. The number of amides is 2. The van der Waals surface area contributed by atoms with Crippen LogP contribution >= 0.6 is 0 Å². The van der Waals surface area contributed by atoms with Crippen molar-refractivity contribution in [3.63, 3.8) is 0 Å². The lowest BCUT2D eigenvalue weighted by Gasteiger charge is -2.31. The first kappa shape index (κ1) is 25.3. The number of anilines is 1. The Hall–Kier alpha value is -2.75. The van der Waals surface area contributed by atoms with Crippen LogP contribution in [-0.4, -0.2) is 74.6 Å². The van der Waals surface area contributed by atoms with Crippen molar-refractivity contribution < 1.29 is 22.7 Å². The van der Waals surface area contributed by atoms with E-state index in [4.69, 9.17) is 4.74 Å². The minimum Gasteiger partial charge on any atom is -0.378 e. The molecule has 35 heavy (non-hydrogen) atoms. The first-order chi connectivity index (χ1) is 16.9. The molecule has 188 valence electrons. The fourth-order valence-corrected chi connectivity index (χ4v) is 6.11. The highest BCUT2D eigenvalue weighted by Crippen LogP contribution is 2.24. The average molecular weight is 500 g/mol. The lowest BCUT2D eigenvalue weighted by atomic mass is 9.97. The molecule has 2 saturated heterocycles. The third kappa shape index (κ3) is 6.68. The van der Waals surface area contributed by atoms with Crippen molar-refractivity contribution in [3.05, 3.63) is 65.7 Å². The van der Waals surface area contributed by atoms with E-state index in [2.05, 4.69) is 5.32 Å². The topological polar surface area (TPSA) is 96.0 Å². The first-order valence-electron chi connectivity index (χ1n) is 12.2. The van der Waals surface area contributed by atoms with Crippen LogP contribution < -0.4 is 5.32 Å². The van der Waals surface area contributed by atoms with Crippen molar-refractivity contribution in [3.8, 4) is 0 Å². The summed E-state index contributed by atoms with van der Waals surface area (Å²) in [6, 6.07) is 16.9. The second-order valence-corrected chi connectivity index (χ2v) is 11.1. The summed E-state index contributed by atoms with van der Waals surface area (Å²) < 4.78 is 32.4. The molecule has 2 aromatic carbocycles. The molecule has 1 N–H and O–H groups in total. The standard InChI is InChI=1S/C26H33N3O5S/c30-25(27-24-11-5-4-10-23(24)26(31)28-16-18-34-19-17-28)22-12-14-29(15-13-22)35(32,33)20-6-9-21-7-2-1-3-8-21/h1-5,7-8,10-11,22H,6,9,12-20H2,(H,27,30). The first-order valence-corrected chi connectivity index (χ1v) is 13.8. The molecule has 2 amide bonds. The summed E-state index contributed by atoms with van der Waals surface area (Å²) in [5.74, 6) is -0.484. The van der Waals surface area contributed by atoms with Crippen LogP contribution in [0.15, 0.2) is 54.6 Å². The highest BCUT2D eigenvalue weighted by molar-refractivity contribution is 7.89. The second kappa shape index (κ2) is 11.8. The van der Waals surface area contributed by atoms with E-state index in [-0.39, 0.29) is 23.5 Å². The van der Waals surface area contributed by atoms with Gasteiger partial charge >= 0.3 is 0 Å². The van der Waals surface area contributed by atoms with E-state index < -0.39 is 10.0 Å². The SMILES string of the molecule is O=C(Nc1ccccc1C(=O)N1CCOCC1)C1CCN(S(=O)(=O)CCCc2ccccc2)CC1. The van der Waals surface area contributed by atoms with E-state index in [1.54, 1.807) is 29.2 Å². The highest BCUT2D eigenvalue weighted by Gasteiger charge is 2.31. The summed E-state index contributed by atoms with van der Waals surface area (Å²) in [4.78, 5) is 27.7. The fourth-order valence-electron chi connectivity index (χ4n) is 4.58. The Balaban J connectivity index is 1.29. The molecule has 8 nitrogen and oxygen atoms in total. The third-order valence-electron chi connectivity index (χ3n) is 6.64. The average Bonchev–Trinajstić information content (AvgIpc) is 2.90. The van der Waals surface area contributed by atoms with Gasteiger partial charge in [0.2, 0.25) is 15.9 Å². The van der Waals surface area contributed by atoms with Gasteiger partial charge in [-0.3, -0.25) is 9.59 Å². The Morgan fingerprint density at radius 1 is 0.914 bits per heavy atom. The van der Waals surface area contributed by atoms with Crippen molar-refractivity contribution in [1.82, 2.24) is 9.21 Å². The van der Waals surface area contributed by atoms with E-state index in [0.29, 0.717) is 69.9 Å². The van der Waals surface area contributed by atoms with Crippen LogP contribution in [0.3, 0.4) is 0 Å². The van der Waals surface area contributed by atoms with Gasteiger partial charge in [0, 0.05) is 32.1 Å². The minimum atomic E-state index is -3.35. The maximum absolute atomic E-state index is 13.0. The molecule has 2 aliphatic heterocycles. The monoisotopic (exact) mass is 499 g/mol. The number of sulfonamides is 1. The smallest absolute Gasteiger partial charge is 0.256 e. The Kier molecular flexibility index (Phi) is 8.54. The van der Waals surface area contributed by atoms with Crippen molar-refractivity contribution in [2.24, 2.45) is 5.92 Å². The number of carbonyl (C=O) groups is 2. The Labute approximate surface area is 207 Å². The molecule has 0 bridgehead atoms. The Bertz CT molecular complexity index is 1110. The summed E-state index contributed by atoms with van der Waals surface area (Å²) in [5.41, 5.74) is 2.08. The van der Waals surface area contributed by atoms with Crippen molar-refractivity contribution in [2.45, 2.75) is 25.7 Å². The van der Waals surface area contributed by atoms with E-state index in [1.807, 2.05) is 30.3 Å². The summed E-state index contributed by atoms with van der Waals surface area (Å²) in [6.45, 7) is 2.74. The molecule has 0 aromatic heterocycles. The maximum Gasteiger partial charge on any atom is 0.256 e. The molecule has 0 unspecified atom stereocenters. The number of hydrogen-bond donors (Lipinski definition) is 1. The number of nitrogens with one attached hydrogen (secondary N) is 1. The number of nitrogens with zero attached hydrogens (tertiary/aromatic N) is 2. The van der Waals surface area contributed by atoms with E-state index in [0.717, 1.165) is 12.0 Å². The van der Waals surface area contributed by atoms with Crippen molar-refractivity contribution >= 4 is 27.5 Å². The van der Waals surface area contributed by atoms with Gasteiger partial charge in [0.15, 0.2) is 0 Å². The maximum atomic E-state index is 13.0. The van der Waals surface area contributed by atoms with E-state index in [9.17, 15) is 18.0 Å². The van der Waals surface area contributed by atoms with Crippen LogP contribution in [0.5, 0.6) is 0 Å². The lowest BCUT2D eigenvalue weighted by Crippen LogP contribution is -2.43. The molecule has 0 atom stereocenters. The molecule has 4 rings (SSSR count). The number of piperidine rings is 1. The van der Waals surface area contributed by atoms with Gasteiger partial charge < -0.3 is 15.0 Å². The number of morpholine rings is 1. The summed E-state index contributed by atoms with van der Waals surface area (Å²) >= 11 is 0. The van der Waals surface area contributed by atoms with E-state index >= 15 is 0 Å². The van der Waals surface area contributed by atoms with Crippen molar-refractivity contribution in [2.75, 3.05) is 50.5 Å². The van der Waals surface area contributed by atoms with Gasteiger partial charge in [0.05, 0.1) is 30.2 Å². The zero-order chi connectivity index (χ0) is 24.7. The number of aryl methyl sites for hydroxylation is 1. The summed E-state index contributed by atoms with van der Waals surface area (Å²) in [7, 11) is -3.35. The Morgan fingerprint density at radius 2 is 1.57 bits per heavy atom. The minimum absolute atomic E-state index is 0.107. The molecule has 2 aromatic rings. The third-order valence-corrected chi connectivity index (χ3v) is 8.60. The van der Waals surface area contributed by atoms with Crippen LogP contribution in [0.2, 0.25) is 0 Å². The summed E-state index contributed by atoms with van der Waals surface area (Å²) in [6.07, 6.45) is 2.22. The highest BCUT2D eigenvalue weighted by atomic mass is 32.2. The molecule has 0 radical (unpaired) electrons. The molecule has 0 spiro atoms. The van der Waals surface area contributed by atoms with Gasteiger partial charge in [0.25, 0.3) is 5.91 Å². The van der Waals surface area contributed by atoms with Crippen LogP contribution in [0.25, 0.3) is 0 Å². The predicted octanol–water partition coefficient (Wildman–Crippen LogP) is 2.77. The van der Waals surface area contributed by atoms with E-state index in [1.165, 1.54) is 4.31 Å². The molecule has 2 heterocycles. The molecule has 0 aliphatic carbocycles. The van der Waals surface area contributed by atoms with Gasteiger partial charge in [-0.1, -0.05) is 42.5 Å². The number of para-hydroxylation sites is 1. The number of rotatable bonds is 8.